The minimum Gasteiger partial charge on any atom is -0.357 e. The fourth-order valence-corrected chi connectivity index (χ4v) is 3.31. The summed E-state index contributed by atoms with van der Waals surface area (Å²) in [5.41, 5.74) is 1.68. The van der Waals surface area contributed by atoms with Crippen LogP contribution in [-0.2, 0) is 16.3 Å². The lowest BCUT2D eigenvalue weighted by molar-refractivity contribution is 0.581. The predicted molar refractivity (Wildman–Crippen MR) is 126 cm³/mol. The van der Waals surface area contributed by atoms with E-state index in [-0.39, 0.29) is 41.6 Å². The zero-order chi connectivity index (χ0) is 20.6. The second kappa shape index (κ2) is 12.1. The third kappa shape index (κ3) is 9.57. The number of hydrogen-bond acceptors (Lipinski definition) is 4. The Morgan fingerprint density at radius 3 is 2.59 bits per heavy atom. The van der Waals surface area contributed by atoms with E-state index >= 15 is 0 Å². The van der Waals surface area contributed by atoms with E-state index in [0.29, 0.717) is 31.9 Å². The average molecular weight is 537 g/mol. The summed E-state index contributed by atoms with van der Waals surface area (Å²) in [5.74, 6) is 0.516. The van der Waals surface area contributed by atoms with Gasteiger partial charge in [0.2, 0.25) is 0 Å². The first-order valence-corrected chi connectivity index (χ1v) is 11.4. The maximum Gasteiger partial charge on any atom is 0.191 e. The van der Waals surface area contributed by atoms with Crippen molar-refractivity contribution in [3.63, 3.8) is 0 Å². The Labute approximate surface area is 189 Å². The van der Waals surface area contributed by atoms with Gasteiger partial charge in [-0.15, -0.1) is 24.0 Å². The number of hydrogen-bond donors (Lipinski definition) is 2. The first kappa shape index (κ1) is 25.3. The Bertz CT molecular complexity index is 884. The monoisotopic (exact) mass is 537 g/mol. The lowest BCUT2D eigenvalue weighted by Crippen LogP contribution is -2.43. The Morgan fingerprint density at radius 1 is 1.28 bits per heavy atom. The molecule has 0 amide bonds. The Kier molecular flexibility index (Phi) is 10.6. The van der Waals surface area contributed by atoms with Crippen LogP contribution in [0.15, 0.2) is 41.5 Å². The third-order valence-electron chi connectivity index (χ3n) is 4.02. The molecule has 1 unspecified atom stereocenters. The maximum atomic E-state index is 13.0. The summed E-state index contributed by atoms with van der Waals surface area (Å²) < 4.78 is 37.3. The molecule has 0 fully saturated rings. The van der Waals surface area contributed by atoms with Gasteiger partial charge in [0.25, 0.3) is 0 Å². The Morgan fingerprint density at radius 2 is 1.97 bits per heavy atom. The molecule has 1 atom stereocenters. The molecule has 0 spiro atoms. The van der Waals surface area contributed by atoms with Gasteiger partial charge in [-0.05, 0) is 50.6 Å². The number of aromatic nitrogens is 2. The molecule has 29 heavy (non-hydrogen) atoms. The van der Waals surface area contributed by atoms with E-state index in [2.05, 4.69) is 20.7 Å². The van der Waals surface area contributed by atoms with E-state index in [1.54, 1.807) is 16.8 Å². The van der Waals surface area contributed by atoms with Gasteiger partial charge in [-0.25, -0.2) is 17.5 Å². The summed E-state index contributed by atoms with van der Waals surface area (Å²) in [6.45, 7) is 5.16. The number of nitrogens with one attached hydrogen (secondary N) is 2. The number of halogens is 2. The van der Waals surface area contributed by atoms with Crippen LogP contribution in [0.25, 0.3) is 5.69 Å². The second-order valence-electron chi connectivity index (χ2n) is 6.70. The van der Waals surface area contributed by atoms with Gasteiger partial charge < -0.3 is 10.6 Å². The third-order valence-corrected chi connectivity index (χ3v) is 5.00. The summed E-state index contributed by atoms with van der Waals surface area (Å²) in [6, 6.07) is 8.06. The first-order valence-electron chi connectivity index (χ1n) is 9.30. The molecule has 0 aliphatic carbocycles. The summed E-state index contributed by atoms with van der Waals surface area (Å²) in [4.78, 5) is 4.53. The Balaban J connectivity index is 0.00000420. The molecule has 0 bridgehead atoms. The van der Waals surface area contributed by atoms with Crippen LogP contribution in [0.5, 0.6) is 0 Å². The molecule has 1 heterocycles. The molecule has 1 aromatic heterocycles. The normalized spacial score (nSPS) is 12.9. The van der Waals surface area contributed by atoms with Crippen LogP contribution in [0.1, 0.15) is 26.0 Å². The van der Waals surface area contributed by atoms with Gasteiger partial charge in [-0.2, -0.15) is 5.10 Å². The molecular formula is C19H29FIN5O2S. The largest absolute Gasteiger partial charge is 0.357 e. The fraction of sp³-hybridized carbons (Fsp3) is 0.474. The molecule has 162 valence electrons. The van der Waals surface area contributed by atoms with Crippen LogP contribution in [0.3, 0.4) is 0 Å². The number of nitrogens with zero attached hydrogens (tertiary/aromatic N) is 3. The maximum absolute atomic E-state index is 13.0. The highest BCUT2D eigenvalue weighted by atomic mass is 127. The van der Waals surface area contributed by atoms with Crippen LogP contribution in [0.4, 0.5) is 4.39 Å². The van der Waals surface area contributed by atoms with E-state index < -0.39 is 9.84 Å². The van der Waals surface area contributed by atoms with E-state index in [0.717, 1.165) is 11.4 Å². The van der Waals surface area contributed by atoms with Gasteiger partial charge in [0.15, 0.2) is 5.96 Å². The van der Waals surface area contributed by atoms with Crippen LogP contribution in [-0.4, -0.2) is 55.3 Å². The zero-order valence-electron chi connectivity index (χ0n) is 16.9. The molecule has 2 N–H and O–H groups in total. The highest BCUT2D eigenvalue weighted by Crippen LogP contribution is 2.09. The fourth-order valence-electron chi connectivity index (χ4n) is 2.53. The van der Waals surface area contributed by atoms with Gasteiger partial charge in [-0.3, -0.25) is 4.99 Å². The highest BCUT2D eigenvalue weighted by Gasteiger charge is 2.09. The molecule has 0 saturated carbocycles. The molecule has 7 nitrogen and oxygen atoms in total. The van der Waals surface area contributed by atoms with E-state index in [9.17, 15) is 12.8 Å². The molecule has 10 heteroatoms. The van der Waals surface area contributed by atoms with Crippen molar-refractivity contribution in [2.45, 2.75) is 32.7 Å². The number of sulfone groups is 1. The zero-order valence-corrected chi connectivity index (χ0v) is 20.1. The van der Waals surface area contributed by atoms with Crippen LogP contribution < -0.4 is 10.6 Å². The lowest BCUT2D eigenvalue weighted by atomic mass is 10.3. The van der Waals surface area contributed by atoms with Crippen LogP contribution in [0, 0.1) is 5.82 Å². The molecule has 0 radical (unpaired) electrons. The average Bonchev–Trinajstić information content (AvgIpc) is 3.09. The van der Waals surface area contributed by atoms with Crippen molar-refractivity contribution in [1.29, 1.82) is 0 Å². The molecule has 2 aromatic rings. The highest BCUT2D eigenvalue weighted by molar-refractivity contribution is 14.0. The van der Waals surface area contributed by atoms with Gasteiger partial charge in [0.1, 0.15) is 15.7 Å². The molecule has 0 saturated heterocycles. The summed E-state index contributed by atoms with van der Waals surface area (Å²) in [6.07, 6.45) is 4.25. The molecular weight excluding hydrogens is 508 g/mol. The van der Waals surface area contributed by atoms with Crippen molar-refractivity contribution < 1.29 is 12.8 Å². The van der Waals surface area contributed by atoms with E-state index in [1.165, 1.54) is 18.4 Å². The quantitative estimate of drug-likeness (QED) is 0.292. The van der Waals surface area contributed by atoms with Crippen molar-refractivity contribution in [2.24, 2.45) is 4.99 Å². The number of guanidine groups is 1. The van der Waals surface area contributed by atoms with E-state index in [4.69, 9.17) is 0 Å². The molecule has 0 aliphatic heterocycles. The molecule has 1 aromatic carbocycles. The number of benzene rings is 1. The predicted octanol–water partition coefficient (Wildman–Crippen LogP) is 2.55. The SMILES string of the molecule is CCNC(=NCCc1ccn(-c2ccc(F)cc2)n1)NC(C)CCS(C)(=O)=O.I. The van der Waals surface area contributed by atoms with Gasteiger partial charge in [0, 0.05) is 38.0 Å². The lowest BCUT2D eigenvalue weighted by Gasteiger charge is -2.17. The van der Waals surface area contributed by atoms with Gasteiger partial charge in [-0.1, -0.05) is 0 Å². The summed E-state index contributed by atoms with van der Waals surface area (Å²) in [7, 11) is -2.97. The van der Waals surface area contributed by atoms with E-state index in [1.807, 2.05) is 26.1 Å². The van der Waals surface area contributed by atoms with Crippen LogP contribution >= 0.6 is 24.0 Å². The van der Waals surface area contributed by atoms with Crippen molar-refractivity contribution in [3.8, 4) is 5.69 Å². The molecule has 0 aliphatic rings. The minimum absolute atomic E-state index is 0. The smallest absolute Gasteiger partial charge is 0.191 e. The second-order valence-corrected chi connectivity index (χ2v) is 8.96. The van der Waals surface area contributed by atoms with Crippen molar-refractivity contribution >= 4 is 39.8 Å². The topological polar surface area (TPSA) is 88.4 Å². The first-order chi connectivity index (χ1) is 13.3. The summed E-state index contributed by atoms with van der Waals surface area (Å²) >= 11 is 0. The minimum atomic E-state index is -2.97. The van der Waals surface area contributed by atoms with Crippen molar-refractivity contribution in [1.82, 2.24) is 20.4 Å². The summed E-state index contributed by atoms with van der Waals surface area (Å²) in [5, 5.41) is 10.9. The van der Waals surface area contributed by atoms with Gasteiger partial charge >= 0.3 is 0 Å². The molecule has 2 rings (SSSR count). The number of aliphatic imine (C=N–C) groups is 1. The Hall–Kier alpha value is -1.69. The van der Waals surface area contributed by atoms with Gasteiger partial charge in [0.05, 0.1) is 17.1 Å². The van der Waals surface area contributed by atoms with Crippen molar-refractivity contribution in [2.75, 3.05) is 25.1 Å². The number of rotatable bonds is 9. The standard InChI is InChI=1S/C19H28FN5O2S.HI/c1-4-21-19(23-15(2)11-14-28(3,26)27)22-12-9-17-10-13-25(24-17)18-7-5-16(20)6-8-18;/h5-8,10,13,15H,4,9,11-12,14H2,1-3H3,(H2,21,22,23);1H. The van der Waals surface area contributed by atoms with Crippen molar-refractivity contribution in [3.05, 3.63) is 48.0 Å². The van der Waals surface area contributed by atoms with Crippen LogP contribution in [0.2, 0.25) is 0 Å².